The molecule has 1 aromatic rings. The van der Waals surface area contributed by atoms with Crippen molar-refractivity contribution in [3.63, 3.8) is 0 Å². The van der Waals surface area contributed by atoms with Crippen LogP contribution in [-0.2, 0) is 20.7 Å². The molecule has 5 heteroatoms. The largest absolute Gasteiger partial charge is 0.464 e. The fourth-order valence-corrected chi connectivity index (χ4v) is 1.58. The quantitative estimate of drug-likeness (QED) is 0.620. The first-order valence-electron chi connectivity index (χ1n) is 6.18. The summed E-state index contributed by atoms with van der Waals surface area (Å²) in [6.07, 6.45) is 0.198. The maximum absolute atomic E-state index is 11.9. The number of rotatable bonds is 5. The first-order valence-corrected chi connectivity index (χ1v) is 6.18. The number of anilines is 1. The molecular weight excluding hydrogens is 244 g/mol. The van der Waals surface area contributed by atoms with Crippen molar-refractivity contribution < 1.29 is 14.3 Å². The van der Waals surface area contributed by atoms with E-state index in [1.165, 1.54) is 0 Å². The highest BCUT2D eigenvalue weighted by Gasteiger charge is 2.30. The molecule has 5 nitrogen and oxygen atoms in total. The number of esters is 1. The Balaban J connectivity index is 2.59. The van der Waals surface area contributed by atoms with Crippen LogP contribution in [0, 0.1) is 0 Å². The van der Waals surface area contributed by atoms with Crippen molar-refractivity contribution >= 4 is 17.6 Å². The summed E-state index contributed by atoms with van der Waals surface area (Å²) in [6, 6.07) is 7.04. The van der Waals surface area contributed by atoms with Gasteiger partial charge in [0.05, 0.1) is 13.0 Å². The second-order valence-electron chi connectivity index (χ2n) is 4.81. The fourth-order valence-electron chi connectivity index (χ4n) is 1.58. The second-order valence-corrected chi connectivity index (χ2v) is 4.81. The Morgan fingerprint density at radius 2 is 1.84 bits per heavy atom. The predicted octanol–water partition coefficient (Wildman–Crippen LogP) is 1.27. The highest BCUT2D eigenvalue weighted by molar-refractivity contribution is 5.88. The summed E-state index contributed by atoms with van der Waals surface area (Å²) in [4.78, 5) is 23.5. The van der Waals surface area contributed by atoms with E-state index in [9.17, 15) is 9.59 Å². The van der Waals surface area contributed by atoms with Crippen LogP contribution in [0.4, 0.5) is 5.69 Å². The standard InChI is InChI=1S/C14H20N2O3/c1-4-19-13(18)14(2,3)16-12(17)9-10-5-7-11(15)8-6-10/h5-8H,4,9,15H2,1-3H3,(H,16,17). The molecule has 0 saturated carbocycles. The van der Waals surface area contributed by atoms with Gasteiger partial charge in [-0.1, -0.05) is 12.1 Å². The molecule has 19 heavy (non-hydrogen) atoms. The third-order valence-corrected chi connectivity index (χ3v) is 2.58. The number of nitrogens with one attached hydrogen (secondary N) is 1. The zero-order chi connectivity index (χ0) is 14.5. The van der Waals surface area contributed by atoms with E-state index in [4.69, 9.17) is 10.5 Å². The summed E-state index contributed by atoms with van der Waals surface area (Å²) in [7, 11) is 0. The summed E-state index contributed by atoms with van der Waals surface area (Å²) in [5.41, 5.74) is 6.03. The van der Waals surface area contributed by atoms with Crippen molar-refractivity contribution in [2.45, 2.75) is 32.7 Å². The van der Waals surface area contributed by atoms with Crippen LogP contribution in [-0.4, -0.2) is 24.0 Å². The monoisotopic (exact) mass is 264 g/mol. The average Bonchev–Trinajstić information content (AvgIpc) is 2.31. The van der Waals surface area contributed by atoms with Crippen molar-refractivity contribution in [2.75, 3.05) is 12.3 Å². The Bertz CT molecular complexity index is 452. The predicted molar refractivity (Wildman–Crippen MR) is 73.4 cm³/mol. The molecule has 1 aromatic carbocycles. The molecule has 0 heterocycles. The normalized spacial score (nSPS) is 10.9. The molecular formula is C14H20N2O3. The fraction of sp³-hybridized carbons (Fsp3) is 0.429. The first kappa shape index (κ1) is 15.0. The molecule has 0 spiro atoms. The van der Waals surface area contributed by atoms with Crippen LogP contribution in [0.1, 0.15) is 26.3 Å². The van der Waals surface area contributed by atoms with E-state index >= 15 is 0 Å². The minimum Gasteiger partial charge on any atom is -0.464 e. The maximum Gasteiger partial charge on any atom is 0.331 e. The van der Waals surface area contributed by atoms with Crippen LogP contribution in [0.3, 0.4) is 0 Å². The molecule has 0 fully saturated rings. The van der Waals surface area contributed by atoms with Gasteiger partial charge in [-0.05, 0) is 38.5 Å². The first-order chi connectivity index (χ1) is 8.85. The van der Waals surface area contributed by atoms with Gasteiger partial charge in [-0.3, -0.25) is 4.79 Å². The van der Waals surface area contributed by atoms with Gasteiger partial charge in [0.15, 0.2) is 0 Å². The van der Waals surface area contributed by atoms with E-state index in [-0.39, 0.29) is 18.9 Å². The topological polar surface area (TPSA) is 81.4 Å². The van der Waals surface area contributed by atoms with Crippen LogP contribution >= 0.6 is 0 Å². The molecule has 0 aliphatic carbocycles. The third kappa shape index (κ3) is 4.62. The second kappa shape index (κ2) is 6.22. The summed E-state index contributed by atoms with van der Waals surface area (Å²) < 4.78 is 4.90. The molecule has 0 aliphatic rings. The molecule has 104 valence electrons. The minimum atomic E-state index is -1.03. The smallest absolute Gasteiger partial charge is 0.331 e. The third-order valence-electron chi connectivity index (χ3n) is 2.58. The molecule has 0 atom stereocenters. The highest BCUT2D eigenvalue weighted by Crippen LogP contribution is 2.09. The number of nitrogen functional groups attached to an aromatic ring is 1. The van der Waals surface area contributed by atoms with Crippen LogP contribution in [0.15, 0.2) is 24.3 Å². The number of hydrogen-bond donors (Lipinski definition) is 2. The molecule has 0 unspecified atom stereocenters. The van der Waals surface area contributed by atoms with Crippen molar-refractivity contribution in [3.05, 3.63) is 29.8 Å². The maximum atomic E-state index is 11.9. The number of hydrogen-bond acceptors (Lipinski definition) is 4. The molecule has 1 amide bonds. The highest BCUT2D eigenvalue weighted by atomic mass is 16.5. The van der Waals surface area contributed by atoms with E-state index < -0.39 is 11.5 Å². The van der Waals surface area contributed by atoms with Gasteiger partial charge in [-0.25, -0.2) is 4.79 Å². The SMILES string of the molecule is CCOC(=O)C(C)(C)NC(=O)Cc1ccc(N)cc1. The Morgan fingerprint density at radius 3 is 2.37 bits per heavy atom. The van der Waals surface area contributed by atoms with Crippen LogP contribution in [0.5, 0.6) is 0 Å². The van der Waals surface area contributed by atoms with Gasteiger partial charge >= 0.3 is 5.97 Å². The van der Waals surface area contributed by atoms with Gasteiger partial charge in [0.2, 0.25) is 5.91 Å². The number of amides is 1. The van der Waals surface area contributed by atoms with Crippen molar-refractivity contribution in [1.82, 2.24) is 5.32 Å². The summed E-state index contributed by atoms with van der Waals surface area (Å²) >= 11 is 0. The number of ether oxygens (including phenoxy) is 1. The Kier molecular flexibility index (Phi) is 4.92. The number of benzene rings is 1. The molecule has 0 saturated heterocycles. The van der Waals surface area contributed by atoms with E-state index in [0.717, 1.165) is 5.56 Å². The number of nitrogens with two attached hydrogens (primary N) is 1. The zero-order valence-electron chi connectivity index (χ0n) is 11.5. The minimum absolute atomic E-state index is 0.198. The van der Waals surface area contributed by atoms with Gasteiger partial charge in [0.1, 0.15) is 5.54 Å². The van der Waals surface area contributed by atoms with Gasteiger partial charge in [-0.2, -0.15) is 0 Å². The average molecular weight is 264 g/mol. The summed E-state index contributed by atoms with van der Waals surface area (Å²) in [6.45, 7) is 5.25. The van der Waals surface area contributed by atoms with E-state index in [1.807, 2.05) is 0 Å². The molecule has 0 bridgehead atoms. The van der Waals surface area contributed by atoms with Gasteiger partial charge < -0.3 is 15.8 Å². The molecule has 0 aromatic heterocycles. The van der Waals surface area contributed by atoms with Crippen molar-refractivity contribution in [3.8, 4) is 0 Å². The van der Waals surface area contributed by atoms with E-state index in [0.29, 0.717) is 5.69 Å². The summed E-state index contributed by atoms with van der Waals surface area (Å²) in [5.74, 6) is -0.677. The van der Waals surface area contributed by atoms with E-state index in [1.54, 1.807) is 45.0 Å². The van der Waals surface area contributed by atoms with Crippen molar-refractivity contribution in [2.24, 2.45) is 0 Å². The Morgan fingerprint density at radius 1 is 1.26 bits per heavy atom. The lowest BCUT2D eigenvalue weighted by atomic mass is 10.0. The molecule has 1 rings (SSSR count). The Hall–Kier alpha value is -2.04. The summed E-state index contributed by atoms with van der Waals surface area (Å²) in [5, 5.41) is 2.66. The Labute approximate surface area is 113 Å². The van der Waals surface area contributed by atoms with Gasteiger partial charge in [0.25, 0.3) is 0 Å². The number of carbonyl (C=O) groups is 2. The van der Waals surface area contributed by atoms with Gasteiger partial charge in [0, 0.05) is 5.69 Å². The van der Waals surface area contributed by atoms with Crippen LogP contribution in [0.25, 0.3) is 0 Å². The lowest BCUT2D eigenvalue weighted by Crippen LogP contribution is -2.51. The van der Waals surface area contributed by atoms with Gasteiger partial charge in [-0.15, -0.1) is 0 Å². The lowest BCUT2D eigenvalue weighted by Gasteiger charge is -2.23. The molecule has 0 radical (unpaired) electrons. The van der Waals surface area contributed by atoms with Crippen molar-refractivity contribution in [1.29, 1.82) is 0 Å². The molecule has 0 aliphatic heterocycles. The van der Waals surface area contributed by atoms with E-state index in [2.05, 4.69) is 5.32 Å². The lowest BCUT2D eigenvalue weighted by molar-refractivity contribution is -0.151. The van der Waals surface area contributed by atoms with Crippen LogP contribution < -0.4 is 11.1 Å². The number of carbonyl (C=O) groups excluding carboxylic acids is 2. The van der Waals surface area contributed by atoms with Crippen LogP contribution in [0.2, 0.25) is 0 Å². The molecule has 3 N–H and O–H groups in total. The zero-order valence-corrected chi connectivity index (χ0v) is 11.5.